The third kappa shape index (κ3) is 1.29. The Morgan fingerprint density at radius 2 is 2.33 bits per heavy atom. The highest BCUT2D eigenvalue weighted by atomic mass is 16.2. The molecule has 3 nitrogen and oxygen atoms in total. The Bertz CT molecular complexity index is 140. The summed E-state index contributed by atoms with van der Waals surface area (Å²) in [5.41, 5.74) is 0. The summed E-state index contributed by atoms with van der Waals surface area (Å²) in [6.07, 6.45) is 3.31. The van der Waals surface area contributed by atoms with E-state index >= 15 is 0 Å². The van der Waals surface area contributed by atoms with Crippen LogP contribution < -0.4 is 5.84 Å². The number of hydrogen-bond donors (Lipinski definition) is 1. The zero-order valence-corrected chi connectivity index (χ0v) is 5.21. The Labute approximate surface area is 54.1 Å². The van der Waals surface area contributed by atoms with Crippen LogP contribution in [0.3, 0.4) is 0 Å². The van der Waals surface area contributed by atoms with Gasteiger partial charge in [0.2, 0.25) is 0 Å². The van der Waals surface area contributed by atoms with Gasteiger partial charge in [0, 0.05) is 6.04 Å². The molecule has 1 saturated carbocycles. The van der Waals surface area contributed by atoms with Crippen LogP contribution in [0.25, 0.3) is 0 Å². The van der Waals surface area contributed by atoms with Crippen molar-refractivity contribution in [2.45, 2.75) is 18.9 Å². The summed E-state index contributed by atoms with van der Waals surface area (Å²) >= 11 is 0. The first-order valence-corrected chi connectivity index (χ1v) is 2.96. The Kier molecular flexibility index (Phi) is 1.53. The number of hydrogen-bond acceptors (Lipinski definition) is 2. The van der Waals surface area contributed by atoms with E-state index in [0.29, 0.717) is 0 Å². The van der Waals surface area contributed by atoms with Crippen molar-refractivity contribution in [2.24, 2.45) is 5.84 Å². The van der Waals surface area contributed by atoms with Gasteiger partial charge in [0.05, 0.1) is 0 Å². The Morgan fingerprint density at radius 1 is 1.78 bits per heavy atom. The number of carbonyl (C=O) groups is 1. The van der Waals surface area contributed by atoms with Crippen molar-refractivity contribution in [3.63, 3.8) is 0 Å². The molecule has 50 valence electrons. The number of nitrogens with zero attached hydrogens (tertiary/aromatic N) is 1. The van der Waals surface area contributed by atoms with Crippen molar-refractivity contribution in [3.8, 4) is 0 Å². The van der Waals surface area contributed by atoms with Crippen LogP contribution >= 0.6 is 0 Å². The second-order valence-corrected chi connectivity index (χ2v) is 2.18. The van der Waals surface area contributed by atoms with E-state index in [4.69, 9.17) is 5.84 Å². The molecule has 0 saturated heterocycles. The van der Waals surface area contributed by atoms with Crippen molar-refractivity contribution in [1.82, 2.24) is 5.01 Å². The lowest BCUT2D eigenvalue weighted by Gasteiger charge is -2.11. The first-order valence-electron chi connectivity index (χ1n) is 2.96. The van der Waals surface area contributed by atoms with Crippen LogP contribution in [0, 0.1) is 0 Å². The first kappa shape index (κ1) is 6.29. The topological polar surface area (TPSA) is 46.3 Å². The highest BCUT2D eigenvalue weighted by Crippen LogP contribution is 2.23. The van der Waals surface area contributed by atoms with Gasteiger partial charge in [0.1, 0.15) is 0 Å². The fraction of sp³-hybridized carbons (Fsp3) is 0.500. The van der Waals surface area contributed by atoms with Crippen molar-refractivity contribution in [1.29, 1.82) is 0 Å². The van der Waals surface area contributed by atoms with Gasteiger partial charge in [-0.15, -0.1) is 0 Å². The summed E-state index contributed by atoms with van der Waals surface area (Å²) in [7, 11) is 0. The van der Waals surface area contributed by atoms with Crippen LogP contribution in [0.1, 0.15) is 12.8 Å². The molecule has 0 heterocycles. The molecular formula is C6H10N2O. The number of rotatable bonds is 2. The molecule has 0 aromatic rings. The van der Waals surface area contributed by atoms with Gasteiger partial charge < -0.3 is 0 Å². The summed E-state index contributed by atoms with van der Waals surface area (Å²) in [5, 5.41) is 1.24. The molecule has 1 aliphatic carbocycles. The largest absolute Gasteiger partial charge is 0.274 e. The number of nitrogens with two attached hydrogens (primary N) is 1. The zero-order valence-electron chi connectivity index (χ0n) is 5.21. The number of carbonyl (C=O) groups excluding carboxylic acids is 1. The maximum Gasteiger partial charge on any atom is 0.260 e. The molecule has 0 aromatic carbocycles. The maximum absolute atomic E-state index is 10.7. The molecular weight excluding hydrogens is 116 g/mol. The molecule has 1 fully saturated rings. The van der Waals surface area contributed by atoms with Crippen molar-refractivity contribution in [3.05, 3.63) is 12.7 Å². The molecule has 0 unspecified atom stereocenters. The van der Waals surface area contributed by atoms with Gasteiger partial charge in [-0.05, 0) is 18.9 Å². The molecule has 1 amide bonds. The van der Waals surface area contributed by atoms with Crippen LogP contribution in [-0.2, 0) is 4.79 Å². The molecule has 9 heavy (non-hydrogen) atoms. The predicted octanol–water partition coefficient (Wildman–Crippen LogP) is 0.0371. The second-order valence-electron chi connectivity index (χ2n) is 2.18. The molecule has 0 aliphatic heterocycles. The van der Waals surface area contributed by atoms with Crippen LogP contribution in [-0.4, -0.2) is 17.0 Å². The lowest BCUT2D eigenvalue weighted by atomic mass is 10.5. The third-order valence-electron chi connectivity index (χ3n) is 1.37. The molecule has 1 rings (SSSR count). The van der Waals surface area contributed by atoms with E-state index in [1.165, 1.54) is 11.1 Å². The average Bonchev–Trinajstić information content (AvgIpc) is 2.66. The predicted molar refractivity (Wildman–Crippen MR) is 34.3 cm³/mol. The van der Waals surface area contributed by atoms with E-state index in [9.17, 15) is 4.79 Å². The van der Waals surface area contributed by atoms with Gasteiger partial charge in [-0.1, -0.05) is 6.58 Å². The molecule has 0 radical (unpaired) electrons. The quantitative estimate of drug-likeness (QED) is 0.246. The van der Waals surface area contributed by atoms with E-state index in [0.717, 1.165) is 12.8 Å². The molecule has 3 heteroatoms. The van der Waals surface area contributed by atoms with E-state index in [1.807, 2.05) is 0 Å². The van der Waals surface area contributed by atoms with E-state index in [-0.39, 0.29) is 11.9 Å². The highest BCUT2D eigenvalue weighted by Gasteiger charge is 2.28. The summed E-state index contributed by atoms with van der Waals surface area (Å²) in [6.45, 7) is 3.32. The van der Waals surface area contributed by atoms with Crippen molar-refractivity contribution < 1.29 is 4.79 Å². The molecule has 2 N–H and O–H groups in total. The normalized spacial score (nSPS) is 17.0. The van der Waals surface area contributed by atoms with Crippen LogP contribution in [0.2, 0.25) is 0 Å². The van der Waals surface area contributed by atoms with Gasteiger partial charge in [-0.3, -0.25) is 9.80 Å². The molecule has 0 bridgehead atoms. The number of hydrazine groups is 1. The van der Waals surface area contributed by atoms with Crippen molar-refractivity contribution >= 4 is 5.91 Å². The van der Waals surface area contributed by atoms with E-state index in [1.54, 1.807) is 0 Å². The van der Waals surface area contributed by atoms with Gasteiger partial charge in [0.15, 0.2) is 0 Å². The SMILES string of the molecule is C=CC(=O)N(N)C1CC1. The zero-order chi connectivity index (χ0) is 6.85. The minimum absolute atomic E-state index is 0.183. The summed E-state index contributed by atoms with van der Waals surface area (Å²) in [4.78, 5) is 10.7. The lowest BCUT2D eigenvalue weighted by Crippen LogP contribution is -2.37. The van der Waals surface area contributed by atoms with Gasteiger partial charge in [-0.25, -0.2) is 5.84 Å². The van der Waals surface area contributed by atoms with Crippen molar-refractivity contribution in [2.75, 3.05) is 0 Å². The Hall–Kier alpha value is -0.830. The Balaban J connectivity index is 2.39. The van der Waals surface area contributed by atoms with Crippen LogP contribution in [0.4, 0.5) is 0 Å². The smallest absolute Gasteiger partial charge is 0.260 e. The summed E-state index contributed by atoms with van der Waals surface area (Å²) in [5.74, 6) is 5.16. The standard InChI is InChI=1S/C6H10N2O/c1-2-6(9)8(7)5-3-4-5/h2,5H,1,3-4,7H2. The lowest BCUT2D eigenvalue weighted by molar-refractivity contribution is -0.126. The Morgan fingerprint density at radius 3 is 2.67 bits per heavy atom. The highest BCUT2D eigenvalue weighted by molar-refractivity contribution is 5.86. The van der Waals surface area contributed by atoms with Gasteiger partial charge in [0.25, 0.3) is 5.91 Å². The second kappa shape index (κ2) is 2.19. The molecule has 1 aliphatic rings. The van der Waals surface area contributed by atoms with Gasteiger partial charge in [-0.2, -0.15) is 0 Å². The molecule has 0 aromatic heterocycles. The fourth-order valence-electron chi connectivity index (χ4n) is 0.638. The minimum atomic E-state index is -0.183. The molecule has 0 spiro atoms. The number of amides is 1. The third-order valence-corrected chi connectivity index (χ3v) is 1.37. The fourth-order valence-corrected chi connectivity index (χ4v) is 0.638. The van der Waals surface area contributed by atoms with E-state index < -0.39 is 0 Å². The molecule has 0 atom stereocenters. The van der Waals surface area contributed by atoms with Gasteiger partial charge >= 0.3 is 0 Å². The van der Waals surface area contributed by atoms with E-state index in [2.05, 4.69) is 6.58 Å². The first-order chi connectivity index (χ1) is 4.25. The monoisotopic (exact) mass is 126 g/mol. The maximum atomic E-state index is 10.7. The minimum Gasteiger partial charge on any atom is -0.274 e. The summed E-state index contributed by atoms with van der Waals surface area (Å²) in [6, 6.07) is 0.287. The average molecular weight is 126 g/mol. The van der Waals surface area contributed by atoms with Crippen LogP contribution in [0.5, 0.6) is 0 Å². The summed E-state index contributed by atoms with van der Waals surface area (Å²) < 4.78 is 0. The van der Waals surface area contributed by atoms with Crippen LogP contribution in [0.15, 0.2) is 12.7 Å².